The second-order valence-corrected chi connectivity index (χ2v) is 5.87. The number of aryl methyl sites for hydroxylation is 1. The number of amides is 1. The van der Waals surface area contributed by atoms with Crippen LogP contribution in [-0.2, 0) is 4.79 Å². The molecular formula is C20H24N2O2. The third-order valence-corrected chi connectivity index (χ3v) is 3.91. The van der Waals surface area contributed by atoms with Gasteiger partial charge in [-0.05, 0) is 42.5 Å². The van der Waals surface area contributed by atoms with Crippen molar-refractivity contribution in [3.63, 3.8) is 0 Å². The predicted molar refractivity (Wildman–Crippen MR) is 97.6 cm³/mol. The maximum atomic E-state index is 11.7. The lowest BCUT2D eigenvalue weighted by atomic mass is 9.99. The number of carbonyl (C=O) groups is 1. The van der Waals surface area contributed by atoms with Crippen molar-refractivity contribution in [2.24, 2.45) is 5.10 Å². The lowest BCUT2D eigenvalue weighted by Gasteiger charge is -2.10. The van der Waals surface area contributed by atoms with Crippen LogP contribution in [0.1, 0.15) is 42.9 Å². The molecule has 4 heteroatoms. The number of benzene rings is 2. The van der Waals surface area contributed by atoms with Gasteiger partial charge in [0, 0.05) is 0 Å². The van der Waals surface area contributed by atoms with Crippen molar-refractivity contribution in [2.75, 3.05) is 6.61 Å². The van der Waals surface area contributed by atoms with Gasteiger partial charge in [0.05, 0.1) is 6.21 Å². The van der Waals surface area contributed by atoms with Gasteiger partial charge in [-0.2, -0.15) is 5.10 Å². The Labute approximate surface area is 143 Å². The average molecular weight is 324 g/mol. The number of rotatable bonds is 7. The summed E-state index contributed by atoms with van der Waals surface area (Å²) in [5.41, 5.74) is 5.85. The van der Waals surface area contributed by atoms with Crippen LogP contribution < -0.4 is 10.2 Å². The number of hydrogen-bond acceptors (Lipinski definition) is 3. The lowest BCUT2D eigenvalue weighted by Crippen LogP contribution is -2.24. The third kappa shape index (κ3) is 5.54. The molecule has 24 heavy (non-hydrogen) atoms. The summed E-state index contributed by atoms with van der Waals surface area (Å²) in [6.07, 6.45) is 2.71. The molecule has 4 nitrogen and oxygen atoms in total. The van der Waals surface area contributed by atoms with Gasteiger partial charge in [0.25, 0.3) is 5.91 Å². The number of nitrogens with zero attached hydrogens (tertiary/aromatic N) is 1. The smallest absolute Gasteiger partial charge is 0.277 e. The fourth-order valence-electron chi connectivity index (χ4n) is 2.14. The largest absolute Gasteiger partial charge is 0.484 e. The first-order valence-corrected chi connectivity index (χ1v) is 8.20. The van der Waals surface area contributed by atoms with E-state index in [-0.39, 0.29) is 12.5 Å². The van der Waals surface area contributed by atoms with E-state index in [0.717, 1.165) is 12.0 Å². The minimum atomic E-state index is -0.288. The van der Waals surface area contributed by atoms with Crippen LogP contribution in [0.2, 0.25) is 0 Å². The monoisotopic (exact) mass is 324 g/mol. The Hall–Kier alpha value is -2.62. The summed E-state index contributed by atoms with van der Waals surface area (Å²) in [4.78, 5) is 11.7. The highest BCUT2D eigenvalue weighted by atomic mass is 16.5. The minimum absolute atomic E-state index is 0.0616. The van der Waals surface area contributed by atoms with Crippen LogP contribution in [0, 0.1) is 6.92 Å². The van der Waals surface area contributed by atoms with Crippen LogP contribution in [0.5, 0.6) is 5.75 Å². The molecule has 0 aliphatic carbocycles. The van der Waals surface area contributed by atoms with Gasteiger partial charge in [0.2, 0.25) is 0 Å². The van der Waals surface area contributed by atoms with E-state index in [4.69, 9.17) is 4.74 Å². The van der Waals surface area contributed by atoms with E-state index in [2.05, 4.69) is 24.4 Å². The van der Waals surface area contributed by atoms with Crippen molar-refractivity contribution in [3.8, 4) is 5.75 Å². The molecule has 0 bridgehead atoms. The maximum absolute atomic E-state index is 11.7. The summed E-state index contributed by atoms with van der Waals surface area (Å²) in [7, 11) is 0. The summed E-state index contributed by atoms with van der Waals surface area (Å²) in [6.45, 7) is 6.31. The SMILES string of the molecule is CCC(C)c1ccc(OCC(=O)N/N=C/c2ccc(C)cc2)cc1. The molecule has 0 aliphatic rings. The summed E-state index contributed by atoms with van der Waals surface area (Å²) >= 11 is 0. The van der Waals surface area contributed by atoms with Gasteiger partial charge in [-0.3, -0.25) is 4.79 Å². The quantitative estimate of drug-likeness (QED) is 0.617. The Bertz CT molecular complexity index is 676. The topological polar surface area (TPSA) is 50.7 Å². The van der Waals surface area contributed by atoms with Crippen LogP contribution in [-0.4, -0.2) is 18.7 Å². The number of hydrogen-bond donors (Lipinski definition) is 1. The molecule has 0 fully saturated rings. The van der Waals surface area contributed by atoms with Crippen molar-refractivity contribution in [1.82, 2.24) is 5.43 Å². The zero-order valence-electron chi connectivity index (χ0n) is 14.5. The van der Waals surface area contributed by atoms with Crippen molar-refractivity contribution in [3.05, 3.63) is 65.2 Å². The highest BCUT2D eigenvalue weighted by molar-refractivity contribution is 5.82. The van der Waals surface area contributed by atoms with Crippen molar-refractivity contribution in [2.45, 2.75) is 33.1 Å². The van der Waals surface area contributed by atoms with Crippen molar-refractivity contribution < 1.29 is 9.53 Å². The first kappa shape index (κ1) is 17.7. The normalized spacial score (nSPS) is 12.1. The molecule has 1 amide bonds. The van der Waals surface area contributed by atoms with Gasteiger partial charge >= 0.3 is 0 Å². The molecule has 0 saturated heterocycles. The van der Waals surface area contributed by atoms with Gasteiger partial charge in [-0.15, -0.1) is 0 Å². The van der Waals surface area contributed by atoms with Gasteiger partial charge in [0.1, 0.15) is 5.75 Å². The number of carbonyl (C=O) groups excluding carboxylic acids is 1. The van der Waals surface area contributed by atoms with E-state index in [1.165, 1.54) is 11.1 Å². The lowest BCUT2D eigenvalue weighted by molar-refractivity contribution is -0.123. The second-order valence-electron chi connectivity index (χ2n) is 5.87. The Morgan fingerprint density at radius 2 is 1.83 bits per heavy atom. The highest BCUT2D eigenvalue weighted by Crippen LogP contribution is 2.21. The molecule has 2 aromatic rings. The van der Waals surface area contributed by atoms with E-state index >= 15 is 0 Å². The van der Waals surface area contributed by atoms with Crippen LogP contribution in [0.4, 0.5) is 0 Å². The fraction of sp³-hybridized carbons (Fsp3) is 0.300. The Kier molecular flexibility index (Phi) is 6.55. The summed E-state index contributed by atoms with van der Waals surface area (Å²) in [6, 6.07) is 15.7. The predicted octanol–water partition coefficient (Wildman–Crippen LogP) is 4.04. The van der Waals surface area contributed by atoms with Crippen LogP contribution in [0.25, 0.3) is 0 Å². The molecule has 0 spiro atoms. The van der Waals surface area contributed by atoms with Crippen LogP contribution in [0.15, 0.2) is 53.6 Å². The van der Waals surface area contributed by atoms with E-state index in [9.17, 15) is 4.79 Å². The Morgan fingerprint density at radius 3 is 2.46 bits per heavy atom. The summed E-state index contributed by atoms with van der Waals surface area (Å²) in [5.74, 6) is 0.919. The molecule has 0 saturated carbocycles. The Morgan fingerprint density at radius 1 is 1.17 bits per heavy atom. The molecule has 1 N–H and O–H groups in total. The molecule has 1 atom stereocenters. The fourth-order valence-corrected chi connectivity index (χ4v) is 2.14. The first-order chi connectivity index (χ1) is 11.6. The van der Waals surface area contributed by atoms with Gasteiger partial charge in [-0.1, -0.05) is 55.8 Å². The molecule has 2 aromatic carbocycles. The summed E-state index contributed by atoms with van der Waals surface area (Å²) in [5, 5.41) is 3.93. The molecule has 0 aromatic heterocycles. The average Bonchev–Trinajstić information content (AvgIpc) is 2.61. The van der Waals surface area contributed by atoms with Gasteiger partial charge in [0.15, 0.2) is 6.61 Å². The van der Waals surface area contributed by atoms with E-state index in [0.29, 0.717) is 11.7 Å². The highest BCUT2D eigenvalue weighted by Gasteiger charge is 2.04. The standard InChI is InChI=1S/C20H24N2O2/c1-4-16(3)18-9-11-19(12-10-18)24-14-20(23)22-21-13-17-7-5-15(2)6-8-17/h5-13,16H,4,14H2,1-3H3,(H,22,23)/b21-13+. The zero-order valence-corrected chi connectivity index (χ0v) is 14.5. The molecule has 0 heterocycles. The van der Waals surface area contributed by atoms with E-state index in [1.54, 1.807) is 6.21 Å². The minimum Gasteiger partial charge on any atom is -0.484 e. The maximum Gasteiger partial charge on any atom is 0.277 e. The molecular weight excluding hydrogens is 300 g/mol. The van der Waals surface area contributed by atoms with Crippen molar-refractivity contribution in [1.29, 1.82) is 0 Å². The molecule has 0 radical (unpaired) electrons. The second kappa shape index (κ2) is 8.87. The Balaban J connectivity index is 1.77. The molecule has 126 valence electrons. The van der Waals surface area contributed by atoms with E-state index in [1.807, 2.05) is 55.5 Å². The van der Waals surface area contributed by atoms with Crippen LogP contribution >= 0.6 is 0 Å². The summed E-state index contributed by atoms with van der Waals surface area (Å²) < 4.78 is 5.47. The third-order valence-electron chi connectivity index (χ3n) is 3.91. The zero-order chi connectivity index (χ0) is 17.4. The molecule has 2 rings (SSSR count). The van der Waals surface area contributed by atoms with Crippen molar-refractivity contribution >= 4 is 12.1 Å². The van der Waals surface area contributed by atoms with E-state index < -0.39 is 0 Å². The first-order valence-electron chi connectivity index (χ1n) is 8.20. The van der Waals surface area contributed by atoms with Gasteiger partial charge < -0.3 is 4.74 Å². The molecule has 0 aliphatic heterocycles. The molecule has 1 unspecified atom stereocenters. The van der Waals surface area contributed by atoms with Gasteiger partial charge in [-0.25, -0.2) is 5.43 Å². The number of nitrogens with one attached hydrogen (secondary N) is 1. The number of ether oxygens (including phenoxy) is 1. The number of hydrazone groups is 1. The van der Waals surface area contributed by atoms with Crippen LogP contribution in [0.3, 0.4) is 0 Å².